The van der Waals surface area contributed by atoms with E-state index in [1.807, 2.05) is 19.9 Å². The van der Waals surface area contributed by atoms with Crippen molar-refractivity contribution in [3.63, 3.8) is 0 Å². The van der Waals surface area contributed by atoms with Gasteiger partial charge in [0.2, 0.25) is 5.91 Å². The van der Waals surface area contributed by atoms with Gasteiger partial charge >= 0.3 is 0 Å². The highest BCUT2D eigenvalue weighted by Crippen LogP contribution is 2.17. The molecule has 1 aliphatic heterocycles. The van der Waals surface area contributed by atoms with Crippen molar-refractivity contribution < 1.29 is 14.1 Å². The molecule has 0 atom stereocenters. The summed E-state index contributed by atoms with van der Waals surface area (Å²) in [5, 5.41) is 18.0. The number of nitrogens with one attached hydrogen (secondary N) is 2. The van der Waals surface area contributed by atoms with Crippen molar-refractivity contribution in [3.05, 3.63) is 29.3 Å². The Balaban J connectivity index is 1.42. The lowest BCUT2D eigenvalue weighted by Gasteiger charge is -2.28. The lowest BCUT2D eigenvalue weighted by Crippen LogP contribution is -2.36. The Morgan fingerprint density at radius 3 is 2.81 bits per heavy atom. The molecule has 9 heteroatoms. The van der Waals surface area contributed by atoms with Gasteiger partial charge in [-0.15, -0.1) is 5.10 Å². The molecule has 1 fully saturated rings. The molecule has 0 bridgehead atoms. The summed E-state index contributed by atoms with van der Waals surface area (Å²) in [5.41, 5.74) is 2.62. The van der Waals surface area contributed by atoms with Crippen LogP contribution in [0.2, 0.25) is 0 Å². The van der Waals surface area contributed by atoms with Gasteiger partial charge in [0.25, 0.3) is 0 Å². The Morgan fingerprint density at radius 1 is 1.27 bits per heavy atom. The van der Waals surface area contributed by atoms with Crippen LogP contribution in [0.3, 0.4) is 0 Å². The average Bonchev–Trinajstić information content (AvgIpc) is 2.98. The number of morpholine rings is 1. The lowest BCUT2D eigenvalue weighted by atomic mass is 10.1. The minimum atomic E-state index is -0.0608. The fourth-order valence-electron chi connectivity index (χ4n) is 2.81. The van der Waals surface area contributed by atoms with E-state index in [1.165, 1.54) is 0 Å². The summed E-state index contributed by atoms with van der Waals surface area (Å²) in [6.07, 6.45) is 2.02. The molecule has 9 nitrogen and oxygen atoms in total. The second-order valence-corrected chi connectivity index (χ2v) is 6.15. The van der Waals surface area contributed by atoms with Crippen LogP contribution in [0.1, 0.15) is 17.0 Å². The SMILES string of the molecule is Cc1noc(C)c1CC(=O)NCCNc1cc(N2CCOCC2)cnn1. The molecular weight excluding hydrogens is 336 g/mol. The minimum absolute atomic E-state index is 0.0608. The molecule has 0 spiro atoms. The van der Waals surface area contributed by atoms with Crippen LogP contribution in [0.4, 0.5) is 11.5 Å². The average molecular weight is 360 g/mol. The monoisotopic (exact) mass is 360 g/mol. The summed E-state index contributed by atoms with van der Waals surface area (Å²) in [6.45, 7) is 7.85. The normalized spacial score (nSPS) is 14.3. The van der Waals surface area contributed by atoms with Crippen LogP contribution in [0.25, 0.3) is 0 Å². The fourth-order valence-corrected chi connectivity index (χ4v) is 2.81. The fraction of sp³-hybridized carbons (Fsp3) is 0.529. The molecule has 0 unspecified atom stereocenters. The largest absolute Gasteiger partial charge is 0.378 e. The molecule has 0 saturated carbocycles. The van der Waals surface area contributed by atoms with Crippen molar-refractivity contribution >= 4 is 17.4 Å². The number of carbonyl (C=O) groups excluding carboxylic acids is 1. The molecule has 0 aliphatic carbocycles. The summed E-state index contributed by atoms with van der Waals surface area (Å²) >= 11 is 0. The number of hydrogen-bond donors (Lipinski definition) is 2. The van der Waals surface area contributed by atoms with Gasteiger partial charge in [0.05, 0.1) is 37.2 Å². The first-order valence-electron chi connectivity index (χ1n) is 8.71. The molecule has 140 valence electrons. The summed E-state index contributed by atoms with van der Waals surface area (Å²) in [7, 11) is 0. The Morgan fingerprint density at radius 2 is 2.08 bits per heavy atom. The van der Waals surface area contributed by atoms with E-state index in [2.05, 4.69) is 30.9 Å². The van der Waals surface area contributed by atoms with Crippen molar-refractivity contribution in [2.75, 3.05) is 49.6 Å². The third kappa shape index (κ3) is 4.69. The number of aryl methyl sites for hydroxylation is 2. The van der Waals surface area contributed by atoms with Gasteiger partial charge < -0.3 is 24.8 Å². The summed E-state index contributed by atoms with van der Waals surface area (Å²) in [4.78, 5) is 14.2. The van der Waals surface area contributed by atoms with Crippen molar-refractivity contribution in [2.24, 2.45) is 0 Å². The van der Waals surface area contributed by atoms with E-state index in [0.717, 1.165) is 43.2 Å². The second-order valence-electron chi connectivity index (χ2n) is 6.15. The van der Waals surface area contributed by atoms with Crippen LogP contribution in [0, 0.1) is 13.8 Å². The van der Waals surface area contributed by atoms with E-state index >= 15 is 0 Å². The van der Waals surface area contributed by atoms with E-state index in [1.54, 1.807) is 6.20 Å². The van der Waals surface area contributed by atoms with Gasteiger partial charge in [-0.2, -0.15) is 5.10 Å². The molecule has 1 aliphatic rings. The van der Waals surface area contributed by atoms with Gasteiger partial charge in [0.15, 0.2) is 5.82 Å². The number of nitrogens with zero attached hydrogens (tertiary/aromatic N) is 4. The minimum Gasteiger partial charge on any atom is -0.378 e. The number of ether oxygens (including phenoxy) is 1. The Labute approximate surface area is 152 Å². The zero-order valence-corrected chi connectivity index (χ0v) is 15.1. The number of rotatable bonds is 7. The maximum absolute atomic E-state index is 12.0. The maximum Gasteiger partial charge on any atom is 0.224 e. The highest BCUT2D eigenvalue weighted by Gasteiger charge is 2.14. The topological polar surface area (TPSA) is 105 Å². The first-order valence-corrected chi connectivity index (χ1v) is 8.71. The van der Waals surface area contributed by atoms with Crippen molar-refractivity contribution in [3.8, 4) is 0 Å². The van der Waals surface area contributed by atoms with E-state index in [9.17, 15) is 4.79 Å². The zero-order chi connectivity index (χ0) is 18.4. The van der Waals surface area contributed by atoms with Crippen LogP contribution >= 0.6 is 0 Å². The first kappa shape index (κ1) is 18.1. The van der Waals surface area contributed by atoms with Gasteiger partial charge in [0.1, 0.15) is 5.76 Å². The van der Waals surface area contributed by atoms with Gasteiger partial charge in [-0.1, -0.05) is 5.16 Å². The summed E-state index contributed by atoms with van der Waals surface area (Å²) in [5.74, 6) is 1.31. The standard InChI is InChI=1S/C17H24N6O3/c1-12-15(13(2)26-22-12)10-17(24)19-4-3-18-16-9-14(11-20-21-16)23-5-7-25-8-6-23/h9,11H,3-8,10H2,1-2H3,(H,18,21)(H,19,24). The van der Waals surface area contributed by atoms with Crippen LogP contribution in [0.5, 0.6) is 0 Å². The van der Waals surface area contributed by atoms with E-state index < -0.39 is 0 Å². The zero-order valence-electron chi connectivity index (χ0n) is 15.1. The van der Waals surface area contributed by atoms with Crippen LogP contribution < -0.4 is 15.5 Å². The molecule has 2 N–H and O–H groups in total. The summed E-state index contributed by atoms with van der Waals surface area (Å²) < 4.78 is 10.4. The predicted molar refractivity (Wildman–Crippen MR) is 96.2 cm³/mol. The number of aromatic nitrogens is 3. The summed E-state index contributed by atoms with van der Waals surface area (Å²) in [6, 6.07) is 1.96. The molecule has 2 aromatic heterocycles. The predicted octanol–water partition coefficient (Wildman–Crippen LogP) is 0.689. The molecule has 1 saturated heterocycles. The smallest absolute Gasteiger partial charge is 0.224 e. The van der Waals surface area contributed by atoms with E-state index in [4.69, 9.17) is 9.26 Å². The van der Waals surface area contributed by atoms with Gasteiger partial charge in [-0.25, -0.2) is 0 Å². The molecule has 3 heterocycles. The quantitative estimate of drug-likeness (QED) is 0.695. The molecular formula is C17H24N6O3. The number of carbonyl (C=O) groups is 1. The van der Waals surface area contributed by atoms with Crippen molar-refractivity contribution in [1.29, 1.82) is 0 Å². The van der Waals surface area contributed by atoms with Gasteiger partial charge in [-0.05, 0) is 13.8 Å². The van der Waals surface area contributed by atoms with Crippen molar-refractivity contribution in [1.82, 2.24) is 20.7 Å². The lowest BCUT2D eigenvalue weighted by molar-refractivity contribution is -0.120. The molecule has 3 rings (SSSR count). The number of hydrogen-bond acceptors (Lipinski definition) is 8. The van der Waals surface area contributed by atoms with Crippen LogP contribution in [-0.2, 0) is 16.0 Å². The van der Waals surface area contributed by atoms with Crippen molar-refractivity contribution in [2.45, 2.75) is 20.3 Å². The molecule has 0 radical (unpaired) electrons. The maximum atomic E-state index is 12.0. The molecule has 26 heavy (non-hydrogen) atoms. The Bertz CT molecular complexity index is 722. The Hall–Kier alpha value is -2.68. The molecule has 2 aromatic rings. The van der Waals surface area contributed by atoms with E-state index in [-0.39, 0.29) is 12.3 Å². The van der Waals surface area contributed by atoms with Crippen LogP contribution in [-0.4, -0.2) is 60.7 Å². The third-order valence-corrected chi connectivity index (χ3v) is 4.29. The molecule has 0 aromatic carbocycles. The van der Waals surface area contributed by atoms with Crippen LogP contribution in [0.15, 0.2) is 16.8 Å². The van der Waals surface area contributed by atoms with E-state index in [0.29, 0.717) is 24.7 Å². The number of anilines is 2. The highest BCUT2D eigenvalue weighted by atomic mass is 16.5. The third-order valence-electron chi connectivity index (χ3n) is 4.29. The highest BCUT2D eigenvalue weighted by molar-refractivity contribution is 5.79. The molecule has 1 amide bonds. The number of amides is 1. The second kappa shape index (κ2) is 8.61. The Kier molecular flexibility index (Phi) is 6.00. The first-order chi connectivity index (χ1) is 12.6. The van der Waals surface area contributed by atoms with Gasteiger partial charge in [-0.3, -0.25) is 4.79 Å². The van der Waals surface area contributed by atoms with Gasteiger partial charge in [0, 0.05) is 37.8 Å².